The zero-order valence-corrected chi connectivity index (χ0v) is 19.9. The first-order valence-corrected chi connectivity index (χ1v) is 11.8. The minimum absolute atomic E-state index is 0.121. The van der Waals surface area contributed by atoms with Crippen molar-refractivity contribution < 1.29 is 28.7 Å². The number of amides is 5. The predicted molar refractivity (Wildman–Crippen MR) is 128 cm³/mol. The van der Waals surface area contributed by atoms with Gasteiger partial charge in [-0.3, -0.25) is 24.5 Å². The Hall–Kier alpha value is -4.65. The van der Waals surface area contributed by atoms with Crippen molar-refractivity contribution in [2.75, 3.05) is 13.7 Å². The highest BCUT2D eigenvalue weighted by Crippen LogP contribution is 2.41. The molecule has 2 saturated heterocycles. The van der Waals surface area contributed by atoms with Crippen molar-refractivity contribution in [3.63, 3.8) is 0 Å². The van der Waals surface area contributed by atoms with Gasteiger partial charge in [-0.1, -0.05) is 24.0 Å². The van der Waals surface area contributed by atoms with Crippen molar-refractivity contribution in [2.24, 2.45) is 0 Å². The number of ether oxygens (including phenoxy) is 1. The Morgan fingerprint density at radius 2 is 1.86 bits per heavy atom. The van der Waals surface area contributed by atoms with E-state index in [0.29, 0.717) is 29.7 Å². The van der Waals surface area contributed by atoms with Crippen LogP contribution in [-0.4, -0.2) is 53.6 Å². The van der Waals surface area contributed by atoms with Crippen LogP contribution in [-0.2, 0) is 32.9 Å². The lowest BCUT2D eigenvalue weighted by Gasteiger charge is -2.26. The number of benzene rings is 2. The van der Waals surface area contributed by atoms with Crippen molar-refractivity contribution in [3.8, 4) is 17.6 Å². The SMILES string of the molecule is COc1ccc2c(c1)C(=O)N(C[C@@]1(C#Cc3ccc4c(c3)CCC43NC(=O)CC3=O)NC(=O)NC1=O)C2. The molecule has 2 aromatic carbocycles. The topological polar surface area (TPSA) is 134 Å². The van der Waals surface area contributed by atoms with Gasteiger partial charge in [0, 0.05) is 17.7 Å². The van der Waals surface area contributed by atoms with Crippen molar-refractivity contribution in [1.29, 1.82) is 0 Å². The second-order valence-electron chi connectivity index (χ2n) is 9.67. The van der Waals surface area contributed by atoms with Crippen LogP contribution >= 0.6 is 0 Å². The molecule has 3 N–H and O–H groups in total. The van der Waals surface area contributed by atoms with E-state index in [2.05, 4.69) is 27.8 Å². The molecule has 0 aromatic heterocycles. The summed E-state index contributed by atoms with van der Waals surface area (Å²) in [6.07, 6.45) is 0.974. The number of fused-ring (bicyclic) bond motifs is 3. The normalized spacial score (nSPS) is 25.4. The number of ketones is 1. The molecule has 37 heavy (non-hydrogen) atoms. The Morgan fingerprint density at radius 1 is 1.03 bits per heavy atom. The summed E-state index contributed by atoms with van der Waals surface area (Å²) in [5.41, 5.74) is 0.929. The van der Waals surface area contributed by atoms with E-state index >= 15 is 0 Å². The maximum Gasteiger partial charge on any atom is 0.323 e. The molecule has 10 nitrogen and oxygen atoms in total. The molecule has 10 heteroatoms. The van der Waals surface area contributed by atoms with Gasteiger partial charge in [-0.2, -0.15) is 0 Å². The van der Waals surface area contributed by atoms with E-state index in [0.717, 1.165) is 16.7 Å². The van der Waals surface area contributed by atoms with Gasteiger partial charge in [0.05, 0.1) is 20.1 Å². The summed E-state index contributed by atoms with van der Waals surface area (Å²) in [4.78, 5) is 63.9. The van der Waals surface area contributed by atoms with Gasteiger partial charge in [-0.25, -0.2) is 4.79 Å². The molecule has 3 aliphatic heterocycles. The van der Waals surface area contributed by atoms with E-state index in [1.807, 2.05) is 6.07 Å². The number of imide groups is 1. The van der Waals surface area contributed by atoms with E-state index < -0.39 is 23.0 Å². The Labute approximate surface area is 211 Å². The van der Waals surface area contributed by atoms with Gasteiger partial charge in [0.25, 0.3) is 11.8 Å². The summed E-state index contributed by atoms with van der Waals surface area (Å²) in [6.45, 7) is 0.132. The fourth-order valence-corrected chi connectivity index (χ4v) is 5.61. The van der Waals surface area contributed by atoms with Crippen LogP contribution in [0.25, 0.3) is 0 Å². The lowest BCUT2D eigenvalue weighted by atomic mass is 9.88. The number of urea groups is 1. The molecule has 1 spiro atoms. The molecule has 3 heterocycles. The van der Waals surface area contributed by atoms with Gasteiger partial charge >= 0.3 is 6.03 Å². The first-order valence-electron chi connectivity index (χ1n) is 11.8. The highest BCUT2D eigenvalue weighted by atomic mass is 16.5. The van der Waals surface area contributed by atoms with E-state index in [1.165, 1.54) is 12.0 Å². The summed E-state index contributed by atoms with van der Waals surface area (Å²) in [5, 5.41) is 7.67. The standard InChI is InChI=1S/C27H22N4O6/c1-37-18-4-3-17-13-31(23(34)19(17)11-18)14-26(24(35)28-25(36)30-26)8-6-15-2-5-20-16(10-15)7-9-27(20)21(32)12-22(33)29-27/h2-5,10-11H,7,9,12-14H2,1H3,(H,29,33)(H2,28,30,35,36)/t26-,27?/m1/s1. The largest absolute Gasteiger partial charge is 0.497 e. The maximum atomic E-state index is 13.1. The minimum Gasteiger partial charge on any atom is -0.497 e. The van der Waals surface area contributed by atoms with Gasteiger partial charge < -0.3 is 20.3 Å². The Morgan fingerprint density at radius 3 is 2.57 bits per heavy atom. The smallest absolute Gasteiger partial charge is 0.323 e. The number of nitrogens with zero attached hydrogens (tertiary/aromatic N) is 1. The van der Waals surface area contributed by atoms with Gasteiger partial charge in [0.1, 0.15) is 11.3 Å². The summed E-state index contributed by atoms with van der Waals surface area (Å²) in [6, 6.07) is 9.87. The van der Waals surface area contributed by atoms with E-state index in [9.17, 15) is 24.0 Å². The molecule has 0 saturated carbocycles. The van der Waals surface area contributed by atoms with Crippen LogP contribution < -0.4 is 20.7 Å². The first kappa shape index (κ1) is 22.8. The average molecular weight is 498 g/mol. The lowest BCUT2D eigenvalue weighted by molar-refractivity contribution is -0.124. The van der Waals surface area contributed by atoms with Crippen LogP contribution in [0.5, 0.6) is 5.75 Å². The van der Waals surface area contributed by atoms with E-state index in [4.69, 9.17) is 4.74 Å². The fourth-order valence-electron chi connectivity index (χ4n) is 5.61. The highest BCUT2D eigenvalue weighted by Gasteiger charge is 2.51. The first-order chi connectivity index (χ1) is 17.7. The summed E-state index contributed by atoms with van der Waals surface area (Å²) >= 11 is 0. The lowest BCUT2D eigenvalue weighted by Crippen LogP contribution is -2.54. The van der Waals surface area contributed by atoms with Gasteiger partial charge in [0.15, 0.2) is 5.78 Å². The Bertz CT molecular complexity index is 1500. The van der Waals surface area contributed by atoms with Crippen LogP contribution in [0, 0.1) is 11.8 Å². The van der Waals surface area contributed by atoms with Crippen LogP contribution in [0.4, 0.5) is 4.79 Å². The third-order valence-electron chi connectivity index (χ3n) is 7.47. The third-order valence-corrected chi connectivity index (χ3v) is 7.47. The number of carbonyl (C=O) groups excluding carboxylic acids is 5. The quantitative estimate of drug-likeness (QED) is 0.321. The molecule has 0 bridgehead atoms. The molecule has 2 atom stereocenters. The van der Waals surface area contributed by atoms with Crippen molar-refractivity contribution in [3.05, 3.63) is 64.2 Å². The zero-order chi connectivity index (χ0) is 25.9. The summed E-state index contributed by atoms with van der Waals surface area (Å²) < 4.78 is 5.21. The molecule has 0 radical (unpaired) electrons. The monoisotopic (exact) mass is 498 g/mol. The van der Waals surface area contributed by atoms with Crippen molar-refractivity contribution in [1.82, 2.24) is 20.9 Å². The molecule has 6 rings (SSSR count). The van der Waals surface area contributed by atoms with Crippen LogP contribution in [0.3, 0.4) is 0 Å². The number of aryl methyl sites for hydroxylation is 1. The summed E-state index contributed by atoms with van der Waals surface area (Å²) in [5.74, 6) is 5.11. The predicted octanol–water partition coefficient (Wildman–Crippen LogP) is 0.511. The molecule has 2 fully saturated rings. The van der Waals surface area contributed by atoms with Crippen LogP contribution in [0.15, 0.2) is 36.4 Å². The average Bonchev–Trinajstić information content (AvgIpc) is 3.56. The van der Waals surface area contributed by atoms with Crippen LogP contribution in [0.1, 0.15) is 45.5 Å². The van der Waals surface area contributed by atoms with E-state index in [-0.39, 0.29) is 37.1 Å². The second-order valence-corrected chi connectivity index (χ2v) is 9.67. The number of hydrogen-bond donors (Lipinski definition) is 3. The molecular formula is C27H22N4O6. The minimum atomic E-state index is -1.63. The molecule has 1 unspecified atom stereocenters. The number of methoxy groups -OCH3 is 1. The number of rotatable bonds is 3. The van der Waals surface area contributed by atoms with Gasteiger partial charge in [0.2, 0.25) is 11.4 Å². The molecular weight excluding hydrogens is 476 g/mol. The Balaban J connectivity index is 1.30. The van der Waals surface area contributed by atoms with Crippen LogP contribution in [0.2, 0.25) is 0 Å². The number of Topliss-reactive ketones (excluding diaryl/α,β-unsaturated/α-hetero) is 1. The molecule has 186 valence electrons. The molecule has 5 amide bonds. The molecule has 2 aromatic rings. The second kappa shape index (κ2) is 7.93. The van der Waals surface area contributed by atoms with Gasteiger partial charge in [-0.15, -0.1) is 0 Å². The highest BCUT2D eigenvalue weighted by molar-refractivity contribution is 6.11. The zero-order valence-electron chi connectivity index (χ0n) is 19.9. The molecule has 1 aliphatic carbocycles. The fraction of sp³-hybridized carbons (Fsp3) is 0.296. The third kappa shape index (κ3) is 3.46. The van der Waals surface area contributed by atoms with Gasteiger partial charge in [-0.05, 0) is 53.8 Å². The van der Waals surface area contributed by atoms with Crippen molar-refractivity contribution >= 4 is 29.5 Å². The Kier molecular flexibility index (Phi) is 4.88. The molecule has 4 aliphatic rings. The van der Waals surface area contributed by atoms with Crippen molar-refractivity contribution in [2.45, 2.75) is 36.9 Å². The maximum absolute atomic E-state index is 13.1. The number of hydrogen-bond acceptors (Lipinski definition) is 6. The van der Waals surface area contributed by atoms with E-state index in [1.54, 1.807) is 30.3 Å². The number of carbonyl (C=O) groups is 5. The summed E-state index contributed by atoms with van der Waals surface area (Å²) in [7, 11) is 1.52. The number of nitrogens with one attached hydrogen (secondary N) is 3.